The lowest BCUT2D eigenvalue weighted by Crippen LogP contribution is -2.30. The highest BCUT2D eigenvalue weighted by atomic mass is 32.1. The zero-order chi connectivity index (χ0) is 21.2. The number of nitrogens with zero attached hydrogens (tertiary/aromatic N) is 3. The lowest BCUT2D eigenvalue weighted by Gasteiger charge is -2.29. The maximum Gasteiger partial charge on any atom is 0.174 e. The number of anilines is 1. The first-order valence-corrected chi connectivity index (χ1v) is 10.5. The van der Waals surface area contributed by atoms with E-state index >= 15 is 0 Å². The summed E-state index contributed by atoms with van der Waals surface area (Å²) in [6, 6.07) is 28.4. The maximum absolute atomic E-state index is 5.80. The molecule has 1 aliphatic heterocycles. The lowest BCUT2D eigenvalue weighted by molar-refractivity contribution is 0.414. The number of methoxy groups -OCH3 is 1. The number of pyridine rings is 1. The summed E-state index contributed by atoms with van der Waals surface area (Å²) in [5.41, 5.74) is 4.19. The van der Waals surface area contributed by atoms with Crippen LogP contribution >= 0.6 is 12.2 Å². The average Bonchev–Trinajstić information content (AvgIpc) is 3.44. The molecule has 2 aromatic carbocycles. The van der Waals surface area contributed by atoms with Crippen molar-refractivity contribution in [2.75, 3.05) is 12.0 Å². The fourth-order valence-corrected chi connectivity index (χ4v) is 4.48. The number of thiocarbonyl (C=S) groups is 1. The highest BCUT2D eigenvalue weighted by Crippen LogP contribution is 2.42. The van der Waals surface area contributed by atoms with Crippen molar-refractivity contribution in [3.8, 4) is 11.4 Å². The highest BCUT2D eigenvalue weighted by Gasteiger charge is 2.42. The molecule has 5 nitrogen and oxygen atoms in total. The van der Waals surface area contributed by atoms with Crippen molar-refractivity contribution in [1.82, 2.24) is 14.9 Å². The number of hydrogen-bond acceptors (Lipinski definition) is 3. The molecule has 2 atom stereocenters. The van der Waals surface area contributed by atoms with Crippen LogP contribution in [0.1, 0.15) is 23.5 Å². The molecule has 1 aliphatic rings. The molecule has 0 spiro atoms. The van der Waals surface area contributed by atoms with Crippen LogP contribution < -0.4 is 15.0 Å². The van der Waals surface area contributed by atoms with Gasteiger partial charge in [-0.25, -0.2) is 0 Å². The van der Waals surface area contributed by atoms with Crippen molar-refractivity contribution in [1.29, 1.82) is 0 Å². The molecule has 2 aromatic heterocycles. The van der Waals surface area contributed by atoms with E-state index in [2.05, 4.69) is 62.4 Å². The van der Waals surface area contributed by atoms with Gasteiger partial charge in [0.15, 0.2) is 5.11 Å². The van der Waals surface area contributed by atoms with E-state index in [0.717, 1.165) is 28.5 Å². The molecule has 154 valence electrons. The van der Waals surface area contributed by atoms with E-state index in [1.807, 2.05) is 54.7 Å². The highest BCUT2D eigenvalue weighted by molar-refractivity contribution is 7.80. The van der Waals surface area contributed by atoms with Gasteiger partial charge in [0.25, 0.3) is 0 Å². The Morgan fingerprint density at radius 3 is 2.35 bits per heavy atom. The van der Waals surface area contributed by atoms with Gasteiger partial charge in [-0.2, -0.15) is 0 Å². The van der Waals surface area contributed by atoms with Crippen LogP contribution in [0.25, 0.3) is 5.69 Å². The summed E-state index contributed by atoms with van der Waals surface area (Å²) in [4.78, 5) is 6.82. The summed E-state index contributed by atoms with van der Waals surface area (Å²) in [6.07, 6.45) is 3.90. The number of hydrogen-bond donors (Lipinski definition) is 1. The largest absolute Gasteiger partial charge is 0.497 e. The van der Waals surface area contributed by atoms with Crippen molar-refractivity contribution in [2.45, 2.75) is 12.1 Å². The van der Waals surface area contributed by atoms with Crippen LogP contribution in [0.3, 0.4) is 0 Å². The van der Waals surface area contributed by atoms with Gasteiger partial charge in [-0.15, -0.1) is 0 Å². The second kappa shape index (κ2) is 8.24. The Balaban J connectivity index is 1.64. The second-order valence-corrected chi connectivity index (χ2v) is 7.72. The first kappa shape index (κ1) is 19.3. The maximum atomic E-state index is 5.80. The van der Waals surface area contributed by atoms with Gasteiger partial charge in [-0.1, -0.05) is 24.3 Å². The number of benzene rings is 2. The molecule has 0 unspecified atom stereocenters. The van der Waals surface area contributed by atoms with Gasteiger partial charge in [0.1, 0.15) is 11.8 Å². The Morgan fingerprint density at radius 1 is 0.871 bits per heavy atom. The van der Waals surface area contributed by atoms with Gasteiger partial charge >= 0.3 is 0 Å². The monoisotopic (exact) mass is 426 g/mol. The summed E-state index contributed by atoms with van der Waals surface area (Å²) in [7, 11) is 1.68. The molecule has 4 aromatic rings. The molecule has 1 saturated heterocycles. The van der Waals surface area contributed by atoms with Crippen molar-refractivity contribution >= 4 is 23.0 Å². The molecule has 0 amide bonds. The van der Waals surface area contributed by atoms with Crippen LogP contribution in [0, 0.1) is 0 Å². The Morgan fingerprint density at radius 2 is 1.65 bits per heavy atom. The van der Waals surface area contributed by atoms with Crippen molar-refractivity contribution in [2.24, 2.45) is 0 Å². The SMILES string of the molecule is COc1ccc(-n2cccc2[C@H]2[C@H](c3ccccn3)NC(=S)N2c2ccccc2)cc1. The first-order valence-electron chi connectivity index (χ1n) is 10.1. The molecule has 0 bridgehead atoms. The van der Waals surface area contributed by atoms with Gasteiger partial charge in [-0.3, -0.25) is 4.98 Å². The molecule has 0 aliphatic carbocycles. The van der Waals surface area contributed by atoms with E-state index in [4.69, 9.17) is 17.0 Å². The minimum atomic E-state index is -0.0826. The summed E-state index contributed by atoms with van der Waals surface area (Å²) in [5, 5.41) is 4.20. The van der Waals surface area contributed by atoms with Gasteiger partial charge < -0.3 is 19.5 Å². The normalized spacial score (nSPS) is 18.1. The fraction of sp³-hybridized carbons (Fsp3) is 0.120. The van der Waals surface area contributed by atoms with Crippen LogP contribution in [-0.4, -0.2) is 21.8 Å². The van der Waals surface area contributed by atoms with E-state index in [1.54, 1.807) is 7.11 Å². The standard InChI is InChI=1S/C25H22N4OS/c1-30-20-14-12-18(13-15-20)28-17-7-11-22(28)24-23(21-10-5-6-16-26-21)27-25(31)29(24)19-8-3-2-4-9-19/h2-17,23-24H,1H3,(H,27,31)/t23-,24-/m0/s1. The molecule has 0 radical (unpaired) electrons. The minimum absolute atomic E-state index is 0.0677. The second-order valence-electron chi connectivity index (χ2n) is 7.33. The Bertz CT molecular complexity index is 1180. The summed E-state index contributed by atoms with van der Waals surface area (Å²) >= 11 is 5.80. The third-order valence-electron chi connectivity index (χ3n) is 5.57. The predicted molar refractivity (Wildman–Crippen MR) is 127 cm³/mol. The molecule has 1 fully saturated rings. The molecular formula is C25H22N4OS. The van der Waals surface area contributed by atoms with Crippen LogP contribution in [0.4, 0.5) is 5.69 Å². The van der Waals surface area contributed by atoms with Crippen molar-refractivity contribution in [3.05, 3.63) is 109 Å². The number of nitrogens with one attached hydrogen (secondary N) is 1. The van der Waals surface area contributed by atoms with Gasteiger partial charge in [0, 0.05) is 29.5 Å². The quantitative estimate of drug-likeness (QED) is 0.452. The zero-order valence-corrected chi connectivity index (χ0v) is 17.9. The summed E-state index contributed by atoms with van der Waals surface area (Å²) in [6.45, 7) is 0. The van der Waals surface area contributed by atoms with Gasteiger partial charge in [0.05, 0.1) is 18.8 Å². The summed E-state index contributed by atoms with van der Waals surface area (Å²) < 4.78 is 7.53. The van der Waals surface area contributed by atoms with E-state index in [0.29, 0.717) is 5.11 Å². The van der Waals surface area contributed by atoms with E-state index in [-0.39, 0.29) is 12.1 Å². The Kier molecular flexibility index (Phi) is 5.14. The number of para-hydroxylation sites is 1. The van der Waals surface area contributed by atoms with E-state index in [1.165, 1.54) is 0 Å². The van der Waals surface area contributed by atoms with Crippen molar-refractivity contribution in [3.63, 3.8) is 0 Å². The predicted octanol–water partition coefficient (Wildman–Crippen LogP) is 5.06. The summed E-state index contributed by atoms with van der Waals surface area (Å²) in [5.74, 6) is 0.832. The molecule has 0 saturated carbocycles. The van der Waals surface area contributed by atoms with E-state index < -0.39 is 0 Å². The van der Waals surface area contributed by atoms with Crippen molar-refractivity contribution < 1.29 is 4.74 Å². The molecule has 31 heavy (non-hydrogen) atoms. The molecule has 3 heterocycles. The zero-order valence-electron chi connectivity index (χ0n) is 17.1. The average molecular weight is 427 g/mol. The number of ether oxygens (including phenoxy) is 1. The van der Waals surface area contributed by atoms with Gasteiger partial charge in [0.2, 0.25) is 0 Å². The topological polar surface area (TPSA) is 42.3 Å². The molecule has 6 heteroatoms. The minimum Gasteiger partial charge on any atom is -0.497 e. The first-order chi connectivity index (χ1) is 15.3. The Labute approximate surface area is 186 Å². The van der Waals surface area contributed by atoms with Crippen LogP contribution in [0.15, 0.2) is 97.3 Å². The third-order valence-corrected chi connectivity index (χ3v) is 5.88. The van der Waals surface area contributed by atoms with Crippen LogP contribution in [-0.2, 0) is 0 Å². The Hall–Kier alpha value is -3.64. The number of rotatable bonds is 5. The third kappa shape index (κ3) is 3.55. The molecular weight excluding hydrogens is 404 g/mol. The molecule has 5 rings (SSSR count). The fourth-order valence-electron chi connectivity index (χ4n) is 4.14. The van der Waals surface area contributed by atoms with E-state index in [9.17, 15) is 0 Å². The smallest absolute Gasteiger partial charge is 0.174 e. The van der Waals surface area contributed by atoms with Gasteiger partial charge in [-0.05, 0) is 72.9 Å². The van der Waals surface area contributed by atoms with Crippen LogP contribution in [0.2, 0.25) is 0 Å². The lowest BCUT2D eigenvalue weighted by atomic mass is 10.0. The van der Waals surface area contributed by atoms with Crippen LogP contribution in [0.5, 0.6) is 5.75 Å². The number of aromatic nitrogens is 2. The molecule has 1 N–H and O–H groups in total.